The van der Waals surface area contributed by atoms with Gasteiger partial charge in [0.25, 0.3) is 0 Å². The molecule has 3 N–H and O–H groups in total. The minimum atomic E-state index is -4.64. The monoisotopic (exact) mass is 823 g/mol. The second-order valence-corrected chi connectivity index (χ2v) is 15.8. The summed E-state index contributed by atoms with van der Waals surface area (Å²) in [6.07, 6.45) is 47.4. The van der Waals surface area contributed by atoms with Gasteiger partial charge in [0, 0.05) is 12.8 Å². The molecule has 0 saturated carbocycles. The van der Waals surface area contributed by atoms with Crippen LogP contribution in [0.2, 0.25) is 0 Å². The molecule has 0 saturated heterocycles. The number of carbonyl (C=O) groups is 2. The molecule has 0 aliphatic rings. The van der Waals surface area contributed by atoms with E-state index in [2.05, 4.69) is 79.1 Å². The Labute approximate surface area is 346 Å². The van der Waals surface area contributed by atoms with Crippen molar-refractivity contribution >= 4 is 19.8 Å². The Bertz CT molecular complexity index is 1180. The molecule has 0 aromatic carbocycles. The van der Waals surface area contributed by atoms with Gasteiger partial charge in [0.15, 0.2) is 6.10 Å². The van der Waals surface area contributed by atoms with Crippen molar-refractivity contribution in [2.75, 3.05) is 26.4 Å². The maximum Gasteiger partial charge on any atom is 0.472 e. The van der Waals surface area contributed by atoms with Crippen LogP contribution in [-0.4, -0.2) is 65.7 Å². The first-order chi connectivity index (χ1) is 27.7. The van der Waals surface area contributed by atoms with Crippen LogP contribution < -0.4 is 0 Å². The van der Waals surface area contributed by atoms with E-state index in [-0.39, 0.29) is 19.4 Å². The van der Waals surface area contributed by atoms with Gasteiger partial charge in [-0.3, -0.25) is 18.6 Å². The number of esters is 2. The van der Waals surface area contributed by atoms with E-state index < -0.39 is 51.8 Å². The van der Waals surface area contributed by atoms with E-state index in [0.29, 0.717) is 12.8 Å². The van der Waals surface area contributed by atoms with Crippen molar-refractivity contribution in [1.29, 1.82) is 0 Å². The Morgan fingerprint density at radius 1 is 0.544 bits per heavy atom. The van der Waals surface area contributed by atoms with Crippen LogP contribution in [-0.2, 0) is 32.7 Å². The lowest BCUT2D eigenvalue weighted by atomic mass is 10.0. The summed E-state index contributed by atoms with van der Waals surface area (Å²) < 4.78 is 32.6. The first-order valence-electron chi connectivity index (χ1n) is 21.9. The van der Waals surface area contributed by atoms with E-state index in [4.69, 9.17) is 19.1 Å². The molecule has 0 heterocycles. The van der Waals surface area contributed by atoms with Crippen molar-refractivity contribution < 1.29 is 47.8 Å². The van der Waals surface area contributed by atoms with Crippen molar-refractivity contribution in [2.45, 2.75) is 180 Å². The Morgan fingerprint density at radius 3 is 1.42 bits per heavy atom. The molecule has 0 aromatic heterocycles. The zero-order valence-corrected chi connectivity index (χ0v) is 36.4. The summed E-state index contributed by atoms with van der Waals surface area (Å²) in [6, 6.07) is 0. The Morgan fingerprint density at radius 2 is 0.965 bits per heavy atom. The van der Waals surface area contributed by atoms with E-state index in [1.54, 1.807) is 0 Å². The summed E-state index contributed by atoms with van der Waals surface area (Å²) in [5, 5.41) is 18.3. The Balaban J connectivity index is 4.43. The molecule has 1 unspecified atom stereocenters. The van der Waals surface area contributed by atoms with Crippen LogP contribution in [0.5, 0.6) is 0 Å². The molecule has 0 aliphatic carbocycles. The molecule has 0 aromatic rings. The first kappa shape index (κ1) is 54.4. The van der Waals surface area contributed by atoms with Crippen LogP contribution in [0.3, 0.4) is 0 Å². The number of hydrogen-bond acceptors (Lipinski definition) is 9. The molecule has 0 radical (unpaired) electrons. The third-order valence-corrected chi connectivity index (χ3v) is 9.84. The fourth-order valence-electron chi connectivity index (χ4n) is 5.55. The third kappa shape index (κ3) is 41.4. The number of unbranched alkanes of at least 4 members (excludes halogenated alkanes) is 14. The number of phosphoric ester groups is 1. The molecule has 57 heavy (non-hydrogen) atoms. The van der Waals surface area contributed by atoms with Crippen LogP contribution in [0.1, 0.15) is 168 Å². The number of allylic oxidation sites excluding steroid dienone is 12. The lowest BCUT2D eigenvalue weighted by Gasteiger charge is -2.20. The molecular weight excluding hydrogens is 743 g/mol. The fraction of sp³-hybridized carbons (Fsp3) is 0.696. The highest BCUT2D eigenvalue weighted by Crippen LogP contribution is 2.43. The molecule has 0 amide bonds. The zero-order valence-electron chi connectivity index (χ0n) is 35.5. The van der Waals surface area contributed by atoms with Gasteiger partial charge >= 0.3 is 19.8 Å². The number of carbonyl (C=O) groups excluding carboxylic acids is 2. The fourth-order valence-corrected chi connectivity index (χ4v) is 6.34. The molecule has 0 spiro atoms. The minimum absolute atomic E-state index is 0.0573. The van der Waals surface area contributed by atoms with Crippen LogP contribution in [0.15, 0.2) is 72.9 Å². The maximum absolute atomic E-state index is 12.6. The summed E-state index contributed by atoms with van der Waals surface area (Å²) in [5.74, 6) is -1.02. The van der Waals surface area contributed by atoms with E-state index >= 15 is 0 Å². The second-order valence-electron chi connectivity index (χ2n) is 14.3. The average molecular weight is 823 g/mol. The highest BCUT2D eigenvalue weighted by Gasteiger charge is 2.27. The van der Waals surface area contributed by atoms with Gasteiger partial charge in [0.05, 0.1) is 19.8 Å². The maximum atomic E-state index is 12.6. The van der Waals surface area contributed by atoms with Crippen molar-refractivity contribution in [3.05, 3.63) is 72.9 Å². The number of aliphatic hydroxyl groups is 2. The average Bonchev–Trinajstić information content (AvgIpc) is 3.20. The highest BCUT2D eigenvalue weighted by molar-refractivity contribution is 7.47. The van der Waals surface area contributed by atoms with Gasteiger partial charge in [-0.25, -0.2) is 4.57 Å². The third-order valence-electron chi connectivity index (χ3n) is 8.89. The van der Waals surface area contributed by atoms with E-state index in [1.807, 2.05) is 12.2 Å². The van der Waals surface area contributed by atoms with Gasteiger partial charge in [-0.2, -0.15) is 0 Å². The van der Waals surface area contributed by atoms with E-state index in [9.17, 15) is 24.2 Å². The molecule has 11 heteroatoms. The van der Waals surface area contributed by atoms with Crippen LogP contribution in [0.4, 0.5) is 0 Å². The van der Waals surface area contributed by atoms with Gasteiger partial charge in [-0.05, 0) is 51.4 Å². The zero-order chi connectivity index (χ0) is 41.9. The molecule has 328 valence electrons. The number of aliphatic hydroxyl groups excluding tert-OH is 2. The predicted molar refractivity (Wildman–Crippen MR) is 233 cm³/mol. The number of ether oxygens (including phenoxy) is 2. The molecule has 0 rings (SSSR count). The van der Waals surface area contributed by atoms with Crippen molar-refractivity contribution in [3.8, 4) is 0 Å². The van der Waals surface area contributed by atoms with Crippen molar-refractivity contribution in [3.63, 3.8) is 0 Å². The van der Waals surface area contributed by atoms with Gasteiger partial charge in [-0.15, -0.1) is 0 Å². The first-order valence-corrected chi connectivity index (χ1v) is 23.4. The lowest BCUT2D eigenvalue weighted by molar-refractivity contribution is -0.161. The summed E-state index contributed by atoms with van der Waals surface area (Å²) in [7, 11) is -4.64. The quantitative estimate of drug-likeness (QED) is 0.0236. The highest BCUT2D eigenvalue weighted by atomic mass is 31.2. The van der Waals surface area contributed by atoms with Crippen molar-refractivity contribution in [2.24, 2.45) is 0 Å². The van der Waals surface area contributed by atoms with E-state index in [0.717, 1.165) is 57.8 Å². The summed E-state index contributed by atoms with van der Waals surface area (Å²) >= 11 is 0. The largest absolute Gasteiger partial charge is 0.472 e. The molecule has 0 aliphatic heterocycles. The molecular formula is C46H79O10P. The molecule has 0 fully saturated rings. The van der Waals surface area contributed by atoms with Crippen LogP contribution in [0.25, 0.3) is 0 Å². The Hall–Kier alpha value is -2.59. The van der Waals surface area contributed by atoms with Crippen molar-refractivity contribution in [1.82, 2.24) is 0 Å². The van der Waals surface area contributed by atoms with Crippen LogP contribution >= 0.6 is 7.82 Å². The van der Waals surface area contributed by atoms with Gasteiger partial charge in [0.1, 0.15) is 12.7 Å². The lowest BCUT2D eigenvalue weighted by Crippen LogP contribution is -2.29. The number of rotatable bonds is 40. The second kappa shape index (κ2) is 41.6. The molecule has 3 atom stereocenters. The Kier molecular flexibility index (Phi) is 39.7. The standard InChI is InChI=1S/C46H79O10P/c1-3-5-7-9-11-13-15-17-19-20-21-22-24-26-28-30-32-34-36-38-46(50)56-44(42-55-57(51,52)54-40-43(48)39-47)41-53-45(49)37-35-33-31-29-27-25-23-18-16-14-12-10-8-6-4-2/h5,7,11,13,17,19,21-22,26,28,32,34,43-44,47-48H,3-4,6,8-10,12,14-16,18,20,23-25,27,29-31,33,35-42H2,1-2H3,(H,51,52)/b7-5-,13-11-,19-17-,22-21-,28-26-,34-32-/t43-,44+/m0/s1. The number of phosphoric acid groups is 1. The molecule has 0 bridgehead atoms. The normalized spacial score (nSPS) is 14.5. The number of hydrogen-bond donors (Lipinski definition) is 3. The summed E-state index contributed by atoms with van der Waals surface area (Å²) in [6.45, 7) is 2.18. The summed E-state index contributed by atoms with van der Waals surface area (Å²) in [4.78, 5) is 35.0. The van der Waals surface area contributed by atoms with Gasteiger partial charge < -0.3 is 24.6 Å². The minimum Gasteiger partial charge on any atom is -0.462 e. The SMILES string of the molecule is CC/C=C\C/C=C\C/C=C\C/C=C\C/C=C\C/C=C\CCC(=O)O[C@H](COC(=O)CCCCCCCCCCCCCCCCC)COP(=O)(O)OC[C@@H](O)CO. The molecule has 10 nitrogen and oxygen atoms in total. The van der Waals surface area contributed by atoms with Gasteiger partial charge in [0.2, 0.25) is 0 Å². The van der Waals surface area contributed by atoms with Crippen LogP contribution in [0, 0.1) is 0 Å². The summed E-state index contributed by atoms with van der Waals surface area (Å²) in [5.41, 5.74) is 0. The smallest absolute Gasteiger partial charge is 0.462 e. The predicted octanol–water partition coefficient (Wildman–Crippen LogP) is 11.7. The van der Waals surface area contributed by atoms with Gasteiger partial charge in [-0.1, -0.05) is 177 Å². The van der Waals surface area contributed by atoms with E-state index in [1.165, 1.54) is 70.6 Å². The topological polar surface area (TPSA) is 149 Å².